The van der Waals surface area contributed by atoms with Gasteiger partial charge < -0.3 is 15.5 Å². The number of rotatable bonds is 5. The molecule has 4 nitrogen and oxygen atoms in total. The molecule has 1 saturated heterocycles. The molecule has 0 aromatic heterocycles. The van der Waals surface area contributed by atoms with Crippen LogP contribution in [0.2, 0.25) is 0 Å². The van der Waals surface area contributed by atoms with Crippen molar-refractivity contribution in [3.05, 3.63) is 34.1 Å². The van der Waals surface area contributed by atoms with Crippen molar-refractivity contribution in [2.45, 2.75) is 38.8 Å². The minimum Gasteiger partial charge on any atom is -0.354 e. The van der Waals surface area contributed by atoms with Crippen molar-refractivity contribution in [3.63, 3.8) is 0 Å². The van der Waals surface area contributed by atoms with Crippen LogP contribution >= 0.6 is 15.9 Å². The summed E-state index contributed by atoms with van der Waals surface area (Å²) in [6.45, 7) is 6.25. The van der Waals surface area contributed by atoms with Crippen LogP contribution in [0, 0.1) is 5.82 Å². The first-order valence-corrected chi connectivity index (χ1v) is 9.05. The van der Waals surface area contributed by atoms with E-state index in [2.05, 4.69) is 43.4 Å². The second kappa shape index (κ2) is 9.23. The minimum absolute atomic E-state index is 0.240. The number of aliphatic imine (C=N–C) groups is 1. The van der Waals surface area contributed by atoms with Gasteiger partial charge in [-0.05, 0) is 59.4 Å². The molecule has 0 saturated carbocycles. The van der Waals surface area contributed by atoms with Gasteiger partial charge in [0.15, 0.2) is 5.96 Å². The second-order valence-electron chi connectivity index (χ2n) is 5.93. The Kier molecular flexibility index (Phi) is 7.30. The Morgan fingerprint density at radius 1 is 1.39 bits per heavy atom. The van der Waals surface area contributed by atoms with Crippen LogP contribution in [-0.4, -0.2) is 43.6 Å². The van der Waals surface area contributed by atoms with Gasteiger partial charge in [0.2, 0.25) is 0 Å². The van der Waals surface area contributed by atoms with Crippen molar-refractivity contribution in [2.75, 3.05) is 26.7 Å². The molecule has 0 amide bonds. The summed E-state index contributed by atoms with van der Waals surface area (Å²) in [5.74, 6) is 0.540. The Labute approximate surface area is 146 Å². The van der Waals surface area contributed by atoms with Gasteiger partial charge in [-0.15, -0.1) is 0 Å². The zero-order chi connectivity index (χ0) is 16.7. The monoisotopic (exact) mass is 384 g/mol. The number of hydrogen-bond acceptors (Lipinski definition) is 2. The predicted octanol–water partition coefficient (Wildman–Crippen LogP) is 3.13. The summed E-state index contributed by atoms with van der Waals surface area (Å²) in [6.07, 6.45) is 3.48. The molecular formula is C17H26BrFN4. The first-order chi connectivity index (χ1) is 11.1. The average molecular weight is 385 g/mol. The van der Waals surface area contributed by atoms with Gasteiger partial charge in [-0.25, -0.2) is 4.39 Å². The molecule has 1 aliphatic heterocycles. The zero-order valence-electron chi connectivity index (χ0n) is 13.9. The highest BCUT2D eigenvalue weighted by Gasteiger charge is 2.19. The lowest BCUT2D eigenvalue weighted by Crippen LogP contribution is -2.48. The molecule has 1 aromatic rings. The number of halogens is 2. The van der Waals surface area contributed by atoms with E-state index in [0.717, 1.165) is 37.5 Å². The molecular weight excluding hydrogens is 359 g/mol. The number of hydrogen-bond donors (Lipinski definition) is 2. The molecule has 2 rings (SSSR count). The van der Waals surface area contributed by atoms with E-state index in [9.17, 15) is 4.39 Å². The number of nitrogens with zero attached hydrogens (tertiary/aromatic N) is 2. The van der Waals surface area contributed by atoms with Crippen molar-refractivity contribution < 1.29 is 4.39 Å². The largest absolute Gasteiger partial charge is 0.354 e. The zero-order valence-corrected chi connectivity index (χ0v) is 15.5. The number of guanidine groups is 1. The highest BCUT2D eigenvalue weighted by Crippen LogP contribution is 2.16. The lowest BCUT2D eigenvalue weighted by Gasteiger charge is -2.32. The first-order valence-electron chi connectivity index (χ1n) is 8.25. The molecule has 0 unspecified atom stereocenters. The van der Waals surface area contributed by atoms with E-state index in [1.54, 1.807) is 13.1 Å². The van der Waals surface area contributed by atoms with Gasteiger partial charge in [0.1, 0.15) is 5.82 Å². The van der Waals surface area contributed by atoms with Crippen LogP contribution in [0.15, 0.2) is 27.7 Å². The highest BCUT2D eigenvalue weighted by atomic mass is 79.9. The van der Waals surface area contributed by atoms with Gasteiger partial charge in [0.05, 0.1) is 4.47 Å². The molecule has 0 spiro atoms. The Morgan fingerprint density at radius 2 is 2.13 bits per heavy atom. The topological polar surface area (TPSA) is 39.7 Å². The summed E-state index contributed by atoms with van der Waals surface area (Å²) in [4.78, 5) is 6.78. The van der Waals surface area contributed by atoms with E-state index in [-0.39, 0.29) is 5.82 Å². The Morgan fingerprint density at radius 3 is 2.74 bits per heavy atom. The van der Waals surface area contributed by atoms with E-state index >= 15 is 0 Å². The average Bonchev–Trinajstić information content (AvgIpc) is 2.56. The highest BCUT2D eigenvalue weighted by molar-refractivity contribution is 9.10. The molecule has 1 aromatic carbocycles. The van der Waals surface area contributed by atoms with E-state index in [4.69, 9.17) is 0 Å². The van der Waals surface area contributed by atoms with Crippen LogP contribution in [-0.2, 0) is 6.54 Å². The fourth-order valence-corrected chi connectivity index (χ4v) is 3.09. The van der Waals surface area contributed by atoms with E-state index in [1.165, 1.54) is 19.0 Å². The van der Waals surface area contributed by atoms with Gasteiger partial charge in [-0.3, -0.25) is 4.99 Å². The van der Waals surface area contributed by atoms with Crippen LogP contribution in [0.25, 0.3) is 0 Å². The Bertz CT molecular complexity index is 527. The van der Waals surface area contributed by atoms with Gasteiger partial charge in [0.25, 0.3) is 0 Å². The normalized spacial score (nSPS) is 17.3. The summed E-state index contributed by atoms with van der Waals surface area (Å²) in [5, 5.41) is 6.73. The quantitative estimate of drug-likeness (QED) is 0.605. The lowest BCUT2D eigenvalue weighted by atomic mass is 10.1. The summed E-state index contributed by atoms with van der Waals surface area (Å²) < 4.78 is 14.0. The minimum atomic E-state index is -0.240. The van der Waals surface area contributed by atoms with Gasteiger partial charge >= 0.3 is 0 Å². The van der Waals surface area contributed by atoms with Crippen molar-refractivity contribution in [1.82, 2.24) is 15.5 Å². The van der Waals surface area contributed by atoms with Crippen LogP contribution in [0.1, 0.15) is 31.7 Å². The van der Waals surface area contributed by atoms with Gasteiger partial charge in [-0.2, -0.15) is 0 Å². The van der Waals surface area contributed by atoms with Crippen molar-refractivity contribution >= 4 is 21.9 Å². The Hall–Kier alpha value is -1.14. The molecule has 0 aliphatic carbocycles. The second-order valence-corrected chi connectivity index (χ2v) is 6.79. The maximum Gasteiger partial charge on any atom is 0.191 e. The van der Waals surface area contributed by atoms with Crippen LogP contribution in [0.4, 0.5) is 4.39 Å². The fraction of sp³-hybridized carbons (Fsp3) is 0.588. The number of likely N-dealkylation sites (tertiary alicyclic amines) is 1. The molecule has 0 radical (unpaired) electrons. The molecule has 0 atom stereocenters. The van der Waals surface area contributed by atoms with Crippen molar-refractivity contribution in [1.29, 1.82) is 0 Å². The van der Waals surface area contributed by atoms with E-state index in [1.807, 2.05) is 6.07 Å². The SMILES string of the molecule is CCCN1CCC(NC(=NC)NCc2ccc(Br)c(F)c2)CC1. The van der Waals surface area contributed by atoms with Gasteiger partial charge in [0, 0.05) is 32.7 Å². The van der Waals surface area contributed by atoms with Crippen molar-refractivity contribution in [3.8, 4) is 0 Å². The van der Waals surface area contributed by atoms with Crippen LogP contribution < -0.4 is 10.6 Å². The third-order valence-corrected chi connectivity index (χ3v) is 4.78. The maximum absolute atomic E-state index is 13.5. The molecule has 0 bridgehead atoms. The molecule has 128 valence electrons. The molecule has 6 heteroatoms. The summed E-state index contributed by atoms with van der Waals surface area (Å²) in [6, 6.07) is 5.62. The molecule has 1 heterocycles. The predicted molar refractivity (Wildman–Crippen MR) is 97.2 cm³/mol. The third kappa shape index (κ3) is 5.77. The van der Waals surface area contributed by atoms with E-state index < -0.39 is 0 Å². The smallest absolute Gasteiger partial charge is 0.191 e. The molecule has 1 fully saturated rings. The van der Waals surface area contributed by atoms with E-state index in [0.29, 0.717) is 17.1 Å². The lowest BCUT2D eigenvalue weighted by molar-refractivity contribution is 0.206. The Balaban J connectivity index is 1.78. The molecule has 23 heavy (non-hydrogen) atoms. The summed E-state index contributed by atoms with van der Waals surface area (Å²) in [7, 11) is 1.77. The van der Waals surface area contributed by atoms with Crippen molar-refractivity contribution in [2.24, 2.45) is 4.99 Å². The molecule has 2 N–H and O–H groups in total. The summed E-state index contributed by atoms with van der Waals surface area (Å²) >= 11 is 3.17. The standard InChI is InChI=1S/C17H26BrFN4/c1-3-8-23-9-6-14(7-10-23)22-17(20-2)21-12-13-4-5-15(18)16(19)11-13/h4-5,11,14H,3,6-10,12H2,1-2H3,(H2,20,21,22). The first kappa shape index (κ1) is 18.2. The number of benzene rings is 1. The number of nitrogens with one attached hydrogen (secondary N) is 2. The number of piperidine rings is 1. The van der Waals surface area contributed by atoms with Crippen LogP contribution in [0.3, 0.4) is 0 Å². The third-order valence-electron chi connectivity index (χ3n) is 4.14. The van der Waals surface area contributed by atoms with Gasteiger partial charge in [-0.1, -0.05) is 13.0 Å². The van der Waals surface area contributed by atoms with Crippen LogP contribution in [0.5, 0.6) is 0 Å². The fourth-order valence-electron chi connectivity index (χ4n) is 2.84. The molecule has 1 aliphatic rings. The maximum atomic E-state index is 13.5. The summed E-state index contributed by atoms with van der Waals surface area (Å²) in [5.41, 5.74) is 0.895.